The SMILES string of the molecule is CCNc1nc(-n2nc(C)c(Cl)c2C)c(Cl)cc1Cl. The summed E-state index contributed by atoms with van der Waals surface area (Å²) in [5.74, 6) is 1.08. The maximum Gasteiger partial charge on any atom is 0.174 e. The van der Waals surface area contributed by atoms with E-state index in [0.29, 0.717) is 33.2 Å². The maximum absolute atomic E-state index is 6.19. The number of rotatable bonds is 3. The first-order valence-corrected chi connectivity index (χ1v) is 6.91. The Bertz CT molecular complexity index is 622. The molecule has 0 radical (unpaired) electrons. The van der Waals surface area contributed by atoms with Gasteiger partial charge in [0.2, 0.25) is 0 Å². The highest BCUT2D eigenvalue weighted by Gasteiger charge is 2.16. The molecule has 0 aliphatic heterocycles. The molecular formula is C12H13Cl3N4. The van der Waals surface area contributed by atoms with Crippen LogP contribution in [0.4, 0.5) is 5.82 Å². The molecule has 0 aromatic carbocycles. The van der Waals surface area contributed by atoms with Crippen molar-refractivity contribution in [2.24, 2.45) is 0 Å². The molecule has 0 saturated heterocycles. The quantitative estimate of drug-likeness (QED) is 0.918. The molecule has 7 heteroatoms. The van der Waals surface area contributed by atoms with Crippen molar-refractivity contribution in [3.05, 3.63) is 32.5 Å². The van der Waals surface area contributed by atoms with E-state index in [-0.39, 0.29) is 0 Å². The average molecular weight is 320 g/mol. The minimum Gasteiger partial charge on any atom is -0.369 e. The number of nitrogens with one attached hydrogen (secondary N) is 1. The molecule has 102 valence electrons. The molecule has 2 aromatic heterocycles. The van der Waals surface area contributed by atoms with Gasteiger partial charge >= 0.3 is 0 Å². The summed E-state index contributed by atoms with van der Waals surface area (Å²) < 4.78 is 1.62. The van der Waals surface area contributed by atoms with Gasteiger partial charge in [-0.1, -0.05) is 34.8 Å². The molecule has 1 N–H and O–H groups in total. The molecule has 0 unspecified atom stereocenters. The highest BCUT2D eigenvalue weighted by atomic mass is 35.5. The molecule has 0 fully saturated rings. The molecule has 2 rings (SSSR count). The summed E-state index contributed by atoms with van der Waals surface area (Å²) in [5.41, 5.74) is 1.52. The fourth-order valence-corrected chi connectivity index (χ4v) is 2.35. The van der Waals surface area contributed by atoms with E-state index in [2.05, 4.69) is 15.4 Å². The van der Waals surface area contributed by atoms with E-state index in [1.165, 1.54) is 0 Å². The van der Waals surface area contributed by atoms with Crippen molar-refractivity contribution >= 4 is 40.6 Å². The van der Waals surface area contributed by atoms with Crippen LogP contribution < -0.4 is 5.32 Å². The van der Waals surface area contributed by atoms with Gasteiger partial charge in [0, 0.05) is 6.54 Å². The molecule has 0 spiro atoms. The molecule has 2 aromatic rings. The van der Waals surface area contributed by atoms with E-state index in [1.54, 1.807) is 10.7 Å². The second-order valence-electron chi connectivity index (χ2n) is 4.05. The van der Waals surface area contributed by atoms with Crippen LogP contribution in [0, 0.1) is 13.8 Å². The largest absolute Gasteiger partial charge is 0.369 e. The van der Waals surface area contributed by atoms with Gasteiger partial charge < -0.3 is 5.32 Å². The van der Waals surface area contributed by atoms with E-state index in [4.69, 9.17) is 34.8 Å². The van der Waals surface area contributed by atoms with Crippen LogP contribution in [0.5, 0.6) is 0 Å². The molecule has 0 aliphatic carbocycles. The smallest absolute Gasteiger partial charge is 0.174 e. The second-order valence-corrected chi connectivity index (χ2v) is 5.24. The summed E-state index contributed by atoms with van der Waals surface area (Å²) in [7, 11) is 0. The molecule has 0 bridgehead atoms. The molecule has 0 atom stereocenters. The first kappa shape index (κ1) is 14.4. The van der Waals surface area contributed by atoms with Gasteiger partial charge in [-0.3, -0.25) is 0 Å². The Morgan fingerprint density at radius 1 is 1.21 bits per heavy atom. The third-order valence-corrected chi connectivity index (χ3v) is 3.77. The Morgan fingerprint density at radius 3 is 2.42 bits per heavy atom. The number of aryl methyl sites for hydroxylation is 1. The summed E-state index contributed by atoms with van der Waals surface area (Å²) >= 11 is 18.4. The monoisotopic (exact) mass is 318 g/mol. The van der Waals surface area contributed by atoms with Crippen LogP contribution in [0.1, 0.15) is 18.3 Å². The van der Waals surface area contributed by atoms with Crippen molar-refractivity contribution in [2.45, 2.75) is 20.8 Å². The third-order valence-electron chi connectivity index (χ3n) is 2.66. The number of anilines is 1. The second kappa shape index (κ2) is 5.57. The van der Waals surface area contributed by atoms with Gasteiger partial charge in [0.05, 0.1) is 26.5 Å². The van der Waals surface area contributed by atoms with Crippen LogP contribution >= 0.6 is 34.8 Å². The van der Waals surface area contributed by atoms with Gasteiger partial charge in [0.1, 0.15) is 5.82 Å². The summed E-state index contributed by atoms with van der Waals surface area (Å²) in [6, 6.07) is 1.65. The number of hydrogen-bond acceptors (Lipinski definition) is 3. The number of hydrogen-bond donors (Lipinski definition) is 1. The van der Waals surface area contributed by atoms with Crippen LogP contribution in [0.15, 0.2) is 6.07 Å². The topological polar surface area (TPSA) is 42.7 Å². The fourth-order valence-electron chi connectivity index (χ4n) is 1.73. The predicted molar refractivity (Wildman–Crippen MR) is 80.0 cm³/mol. The lowest BCUT2D eigenvalue weighted by atomic mass is 10.4. The Labute approximate surface area is 126 Å². The molecule has 0 saturated carbocycles. The van der Waals surface area contributed by atoms with E-state index in [9.17, 15) is 0 Å². The summed E-state index contributed by atoms with van der Waals surface area (Å²) in [6.45, 7) is 6.38. The Kier molecular flexibility index (Phi) is 4.23. The minimum absolute atomic E-state index is 0.425. The van der Waals surface area contributed by atoms with Gasteiger partial charge in [0.25, 0.3) is 0 Å². The Morgan fingerprint density at radius 2 is 1.89 bits per heavy atom. The summed E-state index contributed by atoms with van der Waals surface area (Å²) in [4.78, 5) is 4.41. The average Bonchev–Trinajstić information content (AvgIpc) is 2.61. The molecule has 4 nitrogen and oxygen atoms in total. The summed E-state index contributed by atoms with van der Waals surface area (Å²) in [6.07, 6.45) is 0. The summed E-state index contributed by atoms with van der Waals surface area (Å²) in [5, 5.41) is 8.93. The van der Waals surface area contributed by atoms with Gasteiger partial charge in [-0.05, 0) is 26.8 Å². The Balaban J connectivity index is 2.61. The zero-order chi connectivity index (χ0) is 14.2. The predicted octanol–water partition coefficient (Wildman–Crippen LogP) is 4.28. The highest BCUT2D eigenvalue weighted by Crippen LogP contribution is 2.30. The minimum atomic E-state index is 0.425. The lowest BCUT2D eigenvalue weighted by molar-refractivity contribution is 0.806. The van der Waals surface area contributed by atoms with Gasteiger partial charge in [-0.25, -0.2) is 9.67 Å². The lowest BCUT2D eigenvalue weighted by Gasteiger charge is -2.10. The van der Waals surface area contributed by atoms with E-state index >= 15 is 0 Å². The van der Waals surface area contributed by atoms with Crippen LogP contribution in [0.2, 0.25) is 15.1 Å². The van der Waals surface area contributed by atoms with Crippen molar-refractivity contribution in [3.63, 3.8) is 0 Å². The number of aromatic nitrogens is 3. The Hall–Kier alpha value is -0.970. The van der Waals surface area contributed by atoms with Crippen molar-refractivity contribution in [1.29, 1.82) is 0 Å². The standard InChI is InChI=1S/C12H13Cl3N4/c1-4-16-11-8(13)5-9(14)12(17-11)19-7(3)10(15)6(2)18-19/h5H,4H2,1-3H3,(H,16,17). The van der Waals surface area contributed by atoms with Gasteiger partial charge in [-0.2, -0.15) is 5.10 Å². The van der Waals surface area contributed by atoms with E-state index in [0.717, 1.165) is 11.4 Å². The third kappa shape index (κ3) is 2.66. The molecule has 0 amide bonds. The fraction of sp³-hybridized carbons (Fsp3) is 0.333. The van der Waals surface area contributed by atoms with Gasteiger partial charge in [-0.15, -0.1) is 0 Å². The van der Waals surface area contributed by atoms with Gasteiger partial charge in [0.15, 0.2) is 5.82 Å². The first-order valence-electron chi connectivity index (χ1n) is 5.77. The van der Waals surface area contributed by atoms with Crippen molar-refractivity contribution in [2.75, 3.05) is 11.9 Å². The van der Waals surface area contributed by atoms with Crippen LogP contribution in [0.3, 0.4) is 0 Å². The molecule has 2 heterocycles. The number of nitrogens with zero attached hydrogens (tertiary/aromatic N) is 3. The zero-order valence-electron chi connectivity index (χ0n) is 10.8. The lowest BCUT2D eigenvalue weighted by Crippen LogP contribution is -2.07. The zero-order valence-corrected chi connectivity index (χ0v) is 13.0. The number of pyridine rings is 1. The number of halogens is 3. The molecule has 0 aliphatic rings. The molecular weight excluding hydrogens is 307 g/mol. The van der Waals surface area contributed by atoms with Crippen LogP contribution in [-0.4, -0.2) is 21.3 Å². The normalized spacial score (nSPS) is 10.8. The first-order chi connectivity index (χ1) is 8.95. The van der Waals surface area contributed by atoms with E-state index in [1.807, 2.05) is 20.8 Å². The highest BCUT2D eigenvalue weighted by molar-refractivity contribution is 6.37. The molecule has 19 heavy (non-hydrogen) atoms. The van der Waals surface area contributed by atoms with Crippen molar-refractivity contribution < 1.29 is 0 Å². The van der Waals surface area contributed by atoms with Crippen molar-refractivity contribution in [3.8, 4) is 5.82 Å². The van der Waals surface area contributed by atoms with Crippen LogP contribution in [0.25, 0.3) is 5.82 Å². The van der Waals surface area contributed by atoms with E-state index < -0.39 is 0 Å². The van der Waals surface area contributed by atoms with Crippen molar-refractivity contribution in [1.82, 2.24) is 14.8 Å². The maximum atomic E-state index is 6.19. The van der Waals surface area contributed by atoms with Crippen LogP contribution in [-0.2, 0) is 0 Å².